The van der Waals surface area contributed by atoms with Crippen molar-refractivity contribution in [2.75, 3.05) is 6.61 Å². The Kier molecular flexibility index (Phi) is 7.80. The fourth-order valence-corrected chi connectivity index (χ4v) is 4.90. The molecule has 176 valence electrons. The summed E-state index contributed by atoms with van der Waals surface area (Å²) in [4.78, 5) is 27.2. The molecule has 0 fully saturated rings. The number of rotatable bonds is 10. The summed E-state index contributed by atoms with van der Waals surface area (Å²) in [5.41, 5.74) is 3.08. The van der Waals surface area contributed by atoms with Crippen LogP contribution in [0.5, 0.6) is 11.5 Å². The summed E-state index contributed by atoms with van der Waals surface area (Å²) in [6.45, 7) is 8.49. The van der Waals surface area contributed by atoms with Crippen LogP contribution in [-0.4, -0.2) is 23.3 Å². The van der Waals surface area contributed by atoms with E-state index in [0.717, 1.165) is 55.4 Å². The monoisotopic (exact) mass is 445 g/mol. The molecule has 2 aliphatic rings. The van der Waals surface area contributed by atoms with Gasteiger partial charge in [0.05, 0.1) is 6.61 Å². The minimum absolute atomic E-state index is 0.0536. The second kappa shape index (κ2) is 10.4. The average molecular weight is 446 g/mol. The molecule has 32 heavy (non-hydrogen) atoms. The Morgan fingerprint density at radius 3 is 2.78 bits per heavy atom. The zero-order valence-electron chi connectivity index (χ0n) is 19.6. The van der Waals surface area contributed by atoms with E-state index < -0.39 is 11.1 Å². The molecule has 7 nitrogen and oxygen atoms in total. The highest BCUT2D eigenvalue weighted by Gasteiger charge is 2.45. The Morgan fingerprint density at radius 2 is 2.06 bits per heavy atom. The van der Waals surface area contributed by atoms with Crippen molar-refractivity contribution in [1.29, 1.82) is 0 Å². The first-order valence-corrected chi connectivity index (χ1v) is 11.7. The van der Waals surface area contributed by atoms with E-state index in [9.17, 15) is 14.9 Å². The molecular formula is C25H35NO6. The van der Waals surface area contributed by atoms with Gasteiger partial charge >= 0.3 is 5.97 Å². The van der Waals surface area contributed by atoms with Crippen LogP contribution >= 0.6 is 0 Å². The van der Waals surface area contributed by atoms with E-state index in [4.69, 9.17) is 9.47 Å². The van der Waals surface area contributed by atoms with Gasteiger partial charge in [0.2, 0.25) is 0 Å². The van der Waals surface area contributed by atoms with Gasteiger partial charge in [-0.15, -0.1) is 10.1 Å². The number of nitrogens with zero attached hydrogens (tertiary/aromatic N) is 1. The van der Waals surface area contributed by atoms with Crippen LogP contribution in [0, 0.1) is 16.0 Å². The number of allylic oxidation sites excluding steroid dienone is 2. The largest absolute Gasteiger partial charge is 0.487 e. The maximum atomic E-state index is 12.6. The third kappa shape index (κ3) is 5.81. The molecule has 0 amide bonds. The van der Waals surface area contributed by atoms with Crippen molar-refractivity contribution in [1.82, 2.24) is 0 Å². The number of benzene rings is 1. The summed E-state index contributed by atoms with van der Waals surface area (Å²) in [5, 5.41) is 9.45. The maximum absolute atomic E-state index is 12.6. The Labute approximate surface area is 190 Å². The fraction of sp³-hybridized carbons (Fsp3) is 0.640. The predicted molar refractivity (Wildman–Crippen MR) is 121 cm³/mol. The van der Waals surface area contributed by atoms with E-state index >= 15 is 0 Å². The Bertz CT molecular complexity index is 875. The van der Waals surface area contributed by atoms with E-state index in [0.29, 0.717) is 11.7 Å². The number of carbonyl (C=O) groups excluding carboxylic acids is 1. The molecule has 1 aromatic carbocycles. The van der Waals surface area contributed by atoms with Crippen molar-refractivity contribution < 1.29 is 24.2 Å². The normalized spacial score (nSPS) is 20.9. The van der Waals surface area contributed by atoms with Gasteiger partial charge in [-0.05, 0) is 70.6 Å². The van der Waals surface area contributed by atoms with Gasteiger partial charge in [0.1, 0.15) is 17.1 Å². The molecule has 0 spiro atoms. The summed E-state index contributed by atoms with van der Waals surface area (Å²) in [5.74, 6) is 1.38. The molecule has 0 bridgehead atoms. The molecule has 1 aliphatic heterocycles. The third-order valence-electron chi connectivity index (χ3n) is 6.53. The Balaban J connectivity index is 1.90. The predicted octanol–water partition coefficient (Wildman–Crippen LogP) is 5.92. The van der Waals surface area contributed by atoms with E-state index in [2.05, 4.69) is 44.7 Å². The van der Waals surface area contributed by atoms with Crippen LogP contribution in [0.15, 0.2) is 23.8 Å². The van der Waals surface area contributed by atoms with Crippen molar-refractivity contribution in [3.8, 4) is 11.5 Å². The maximum Gasteiger partial charge on any atom is 0.311 e. The molecule has 0 saturated heterocycles. The van der Waals surface area contributed by atoms with Crippen LogP contribution in [0.2, 0.25) is 0 Å². The molecule has 7 heteroatoms. The van der Waals surface area contributed by atoms with Crippen LogP contribution in [0.25, 0.3) is 0 Å². The van der Waals surface area contributed by atoms with E-state index in [1.165, 1.54) is 5.57 Å². The van der Waals surface area contributed by atoms with Crippen LogP contribution in [0.1, 0.15) is 89.7 Å². The minimum atomic E-state index is -0.849. The van der Waals surface area contributed by atoms with Gasteiger partial charge in [-0.3, -0.25) is 4.79 Å². The lowest BCUT2D eigenvalue weighted by Crippen LogP contribution is -2.45. The summed E-state index contributed by atoms with van der Waals surface area (Å²) in [6.07, 6.45) is 8.90. The van der Waals surface area contributed by atoms with Crippen molar-refractivity contribution in [2.45, 2.75) is 90.6 Å². The van der Waals surface area contributed by atoms with Crippen LogP contribution in [0.3, 0.4) is 0 Å². The van der Waals surface area contributed by atoms with Crippen LogP contribution < -0.4 is 9.47 Å². The van der Waals surface area contributed by atoms with Gasteiger partial charge in [0.25, 0.3) is 5.09 Å². The number of carbonyl (C=O) groups is 1. The highest BCUT2D eigenvalue weighted by atomic mass is 16.9. The number of fused-ring (bicyclic) bond motifs is 3. The number of ether oxygens (including phenoxy) is 2. The van der Waals surface area contributed by atoms with Gasteiger partial charge < -0.3 is 14.3 Å². The minimum Gasteiger partial charge on any atom is -0.487 e. The van der Waals surface area contributed by atoms with Crippen molar-refractivity contribution in [3.05, 3.63) is 45.0 Å². The van der Waals surface area contributed by atoms with Crippen LogP contribution in [-0.2, 0) is 16.1 Å². The van der Waals surface area contributed by atoms with Gasteiger partial charge in [0.15, 0.2) is 0 Å². The number of hydrogen-bond acceptors (Lipinski definition) is 6. The summed E-state index contributed by atoms with van der Waals surface area (Å²) < 4.78 is 12.3. The van der Waals surface area contributed by atoms with Gasteiger partial charge in [-0.1, -0.05) is 31.4 Å². The number of esters is 1. The second-order valence-electron chi connectivity index (χ2n) is 9.49. The lowest BCUT2D eigenvalue weighted by Gasteiger charge is -2.46. The number of aryl methyl sites for hydroxylation is 1. The fourth-order valence-electron chi connectivity index (χ4n) is 4.90. The molecule has 0 aromatic heterocycles. The highest BCUT2D eigenvalue weighted by molar-refractivity contribution is 5.73. The quantitative estimate of drug-likeness (QED) is 0.111. The average Bonchev–Trinajstić information content (AvgIpc) is 2.70. The Hall–Kier alpha value is -2.57. The summed E-state index contributed by atoms with van der Waals surface area (Å²) in [6, 6.07) is 4.10. The van der Waals surface area contributed by atoms with Crippen molar-refractivity contribution >= 4 is 5.97 Å². The Morgan fingerprint density at radius 1 is 1.28 bits per heavy atom. The number of hydrogen-bond donors (Lipinski definition) is 0. The lowest BCUT2D eigenvalue weighted by atomic mass is 9.68. The zero-order valence-corrected chi connectivity index (χ0v) is 19.6. The first-order valence-electron chi connectivity index (χ1n) is 11.7. The first kappa shape index (κ1) is 24.1. The topological polar surface area (TPSA) is 87.9 Å². The van der Waals surface area contributed by atoms with E-state index in [1.807, 2.05) is 6.07 Å². The smallest absolute Gasteiger partial charge is 0.311 e. The summed E-state index contributed by atoms with van der Waals surface area (Å²) in [7, 11) is 0. The standard InChI is InChI=1S/C25H35NO6/c1-5-6-7-9-18-15-21(31-23(27)10-8-13-30-26(28)29)24-19-14-17(2)11-12-20(19)25(3,4)32-22(24)16-18/h14-16,19-20H,5-13H2,1-4H3/t19-,20-/m1/s1. The van der Waals surface area contributed by atoms with Gasteiger partial charge in [-0.2, -0.15) is 0 Å². The van der Waals surface area contributed by atoms with Crippen LogP contribution in [0.4, 0.5) is 0 Å². The molecule has 2 atom stereocenters. The van der Waals surface area contributed by atoms with E-state index in [1.54, 1.807) is 0 Å². The zero-order chi connectivity index (χ0) is 23.3. The van der Waals surface area contributed by atoms with Crippen molar-refractivity contribution in [3.63, 3.8) is 0 Å². The van der Waals surface area contributed by atoms with Gasteiger partial charge in [0, 0.05) is 23.8 Å². The highest BCUT2D eigenvalue weighted by Crippen LogP contribution is 2.53. The molecule has 1 aliphatic carbocycles. The molecule has 1 aromatic rings. The molecule has 0 saturated carbocycles. The van der Waals surface area contributed by atoms with Gasteiger partial charge in [-0.25, -0.2) is 0 Å². The molecule has 0 radical (unpaired) electrons. The lowest BCUT2D eigenvalue weighted by molar-refractivity contribution is -0.757. The van der Waals surface area contributed by atoms with E-state index in [-0.39, 0.29) is 31.0 Å². The molecule has 1 heterocycles. The molecular weight excluding hydrogens is 410 g/mol. The van der Waals surface area contributed by atoms with Crippen molar-refractivity contribution in [2.24, 2.45) is 5.92 Å². The number of unbranched alkanes of at least 4 members (excludes halogenated alkanes) is 2. The molecule has 3 rings (SSSR count). The SMILES string of the molecule is CCCCCc1cc(OC(=O)CCCO[N+](=O)[O-])c2c(c1)OC(C)(C)[C@@H]1CCC(C)=C[C@@H]21. The molecule has 0 unspecified atom stereocenters. The molecule has 0 N–H and O–H groups in total. The second-order valence-corrected chi connectivity index (χ2v) is 9.49. The third-order valence-corrected chi connectivity index (χ3v) is 6.53. The summed E-state index contributed by atoms with van der Waals surface area (Å²) >= 11 is 0. The first-order chi connectivity index (χ1) is 15.2.